The van der Waals surface area contributed by atoms with E-state index in [0.717, 1.165) is 0 Å². The number of amides is 1. The second-order valence-corrected chi connectivity index (χ2v) is 3.94. The quantitative estimate of drug-likeness (QED) is 0.635. The first kappa shape index (κ1) is 15.2. The fourth-order valence-electron chi connectivity index (χ4n) is 1.22. The summed E-state index contributed by atoms with van der Waals surface area (Å²) >= 11 is 5.67. The van der Waals surface area contributed by atoms with Gasteiger partial charge in [0.05, 0.1) is 18.2 Å². The Morgan fingerprint density at radius 2 is 2.21 bits per heavy atom. The van der Waals surface area contributed by atoms with E-state index in [1.54, 1.807) is 0 Å². The summed E-state index contributed by atoms with van der Waals surface area (Å²) in [6, 6.07) is 2.90. The molecule has 0 fully saturated rings. The highest BCUT2D eigenvalue weighted by molar-refractivity contribution is 6.33. The Morgan fingerprint density at radius 1 is 1.47 bits per heavy atom. The molecule has 1 aromatic heterocycles. The molecule has 0 spiro atoms. The van der Waals surface area contributed by atoms with Gasteiger partial charge in [0.15, 0.2) is 5.69 Å². The minimum Gasteiger partial charge on any atom is -0.476 e. The number of carboxylic acids is 1. The number of aromatic nitrogens is 1. The number of carboxylic acid groups (broad SMARTS) is 1. The third-order valence-electron chi connectivity index (χ3n) is 2.11. The molecule has 0 saturated heterocycles. The van der Waals surface area contributed by atoms with E-state index in [-0.39, 0.29) is 29.0 Å². The van der Waals surface area contributed by atoms with Gasteiger partial charge in [0.25, 0.3) is 0 Å². The molecule has 0 bridgehead atoms. The summed E-state index contributed by atoms with van der Waals surface area (Å²) in [6.07, 6.45) is 0. The lowest BCUT2D eigenvalue weighted by molar-refractivity contribution is -0.119. The standard InChI is InChI=1S/C11H14ClN3O4/c1-19-5-4-13-9(16)6-14-8-3-2-7(12)10(15-8)11(17)18/h2-3H,4-6H2,1H3,(H,13,16)(H,14,15)(H,17,18). The van der Waals surface area contributed by atoms with E-state index in [2.05, 4.69) is 15.6 Å². The number of methoxy groups -OCH3 is 1. The first-order valence-corrected chi connectivity index (χ1v) is 5.81. The van der Waals surface area contributed by atoms with Crippen LogP contribution in [0.1, 0.15) is 10.5 Å². The van der Waals surface area contributed by atoms with Crippen molar-refractivity contribution in [2.75, 3.05) is 32.1 Å². The lowest BCUT2D eigenvalue weighted by atomic mass is 10.3. The molecule has 1 rings (SSSR count). The number of carbonyl (C=O) groups excluding carboxylic acids is 1. The Bertz CT molecular complexity index is 467. The predicted molar refractivity (Wildman–Crippen MR) is 69.6 cm³/mol. The lowest BCUT2D eigenvalue weighted by Crippen LogP contribution is -2.32. The normalized spacial score (nSPS) is 10.0. The number of nitrogens with zero attached hydrogens (tertiary/aromatic N) is 1. The van der Waals surface area contributed by atoms with Gasteiger partial charge >= 0.3 is 5.97 Å². The number of carbonyl (C=O) groups is 2. The number of hydrogen-bond acceptors (Lipinski definition) is 5. The van der Waals surface area contributed by atoms with Crippen LogP contribution in [0.3, 0.4) is 0 Å². The molecule has 0 aliphatic heterocycles. The molecule has 19 heavy (non-hydrogen) atoms. The van der Waals surface area contributed by atoms with Gasteiger partial charge in [-0.1, -0.05) is 11.6 Å². The van der Waals surface area contributed by atoms with Gasteiger partial charge < -0.3 is 20.5 Å². The average Bonchev–Trinajstić information content (AvgIpc) is 2.37. The van der Waals surface area contributed by atoms with Crippen LogP contribution in [0.5, 0.6) is 0 Å². The first-order valence-electron chi connectivity index (χ1n) is 5.44. The number of halogens is 1. The van der Waals surface area contributed by atoms with E-state index in [9.17, 15) is 9.59 Å². The number of ether oxygens (including phenoxy) is 1. The van der Waals surface area contributed by atoms with Crippen LogP contribution < -0.4 is 10.6 Å². The Morgan fingerprint density at radius 3 is 2.84 bits per heavy atom. The summed E-state index contributed by atoms with van der Waals surface area (Å²) in [5.41, 5.74) is -0.258. The van der Waals surface area contributed by atoms with Crippen molar-refractivity contribution in [1.82, 2.24) is 10.3 Å². The van der Waals surface area contributed by atoms with Crippen LogP contribution in [-0.4, -0.2) is 48.8 Å². The van der Waals surface area contributed by atoms with Crippen molar-refractivity contribution in [3.05, 3.63) is 22.8 Å². The summed E-state index contributed by atoms with van der Waals surface area (Å²) in [7, 11) is 1.54. The fourth-order valence-corrected chi connectivity index (χ4v) is 1.40. The molecule has 0 atom stereocenters. The van der Waals surface area contributed by atoms with Gasteiger partial charge in [-0.3, -0.25) is 4.79 Å². The maximum atomic E-state index is 11.4. The zero-order chi connectivity index (χ0) is 14.3. The number of nitrogens with one attached hydrogen (secondary N) is 2. The Balaban J connectivity index is 2.51. The molecule has 104 valence electrons. The van der Waals surface area contributed by atoms with Crippen LogP contribution in [-0.2, 0) is 9.53 Å². The maximum absolute atomic E-state index is 11.4. The van der Waals surface area contributed by atoms with E-state index >= 15 is 0 Å². The molecular formula is C11H14ClN3O4. The smallest absolute Gasteiger partial charge is 0.356 e. The summed E-state index contributed by atoms with van der Waals surface area (Å²) in [6.45, 7) is 0.816. The van der Waals surface area contributed by atoms with E-state index in [1.807, 2.05) is 0 Å². The third kappa shape index (κ3) is 5.11. The van der Waals surface area contributed by atoms with Crippen LogP contribution in [0.15, 0.2) is 12.1 Å². The molecule has 0 unspecified atom stereocenters. The third-order valence-corrected chi connectivity index (χ3v) is 2.41. The zero-order valence-electron chi connectivity index (χ0n) is 10.3. The molecule has 1 heterocycles. The number of hydrogen-bond donors (Lipinski definition) is 3. The van der Waals surface area contributed by atoms with Gasteiger partial charge in [-0.2, -0.15) is 0 Å². The summed E-state index contributed by atoms with van der Waals surface area (Å²) < 4.78 is 4.78. The molecule has 0 aliphatic rings. The van der Waals surface area contributed by atoms with Crippen molar-refractivity contribution >= 4 is 29.3 Å². The van der Waals surface area contributed by atoms with Gasteiger partial charge in [-0.25, -0.2) is 9.78 Å². The highest BCUT2D eigenvalue weighted by Gasteiger charge is 2.11. The van der Waals surface area contributed by atoms with Crippen molar-refractivity contribution in [3.8, 4) is 0 Å². The molecule has 0 aliphatic carbocycles. The summed E-state index contributed by atoms with van der Waals surface area (Å²) in [5.74, 6) is -1.20. The minimum atomic E-state index is -1.22. The molecular weight excluding hydrogens is 274 g/mol. The zero-order valence-corrected chi connectivity index (χ0v) is 11.0. The van der Waals surface area contributed by atoms with Gasteiger partial charge in [-0.05, 0) is 12.1 Å². The van der Waals surface area contributed by atoms with E-state index in [1.165, 1.54) is 19.2 Å². The number of rotatable bonds is 7. The van der Waals surface area contributed by atoms with Crippen molar-refractivity contribution < 1.29 is 19.4 Å². The monoisotopic (exact) mass is 287 g/mol. The molecule has 1 aromatic rings. The van der Waals surface area contributed by atoms with E-state index in [0.29, 0.717) is 13.2 Å². The second kappa shape index (κ2) is 7.55. The Hall–Kier alpha value is -1.86. The van der Waals surface area contributed by atoms with Gasteiger partial charge in [0.1, 0.15) is 5.82 Å². The van der Waals surface area contributed by atoms with Crippen LogP contribution in [0.4, 0.5) is 5.82 Å². The lowest BCUT2D eigenvalue weighted by Gasteiger charge is -2.07. The predicted octanol–water partition coefficient (Wildman–Crippen LogP) is 0.608. The molecule has 3 N–H and O–H groups in total. The van der Waals surface area contributed by atoms with Gasteiger partial charge in [0, 0.05) is 13.7 Å². The Kier molecular flexibility index (Phi) is 6.04. The SMILES string of the molecule is COCCNC(=O)CNc1ccc(Cl)c(C(=O)O)n1. The summed E-state index contributed by atoms with van der Waals surface area (Å²) in [5, 5.41) is 14.2. The number of pyridine rings is 1. The molecule has 0 radical (unpaired) electrons. The average molecular weight is 288 g/mol. The molecule has 0 saturated carbocycles. The van der Waals surface area contributed by atoms with Crippen molar-refractivity contribution in [1.29, 1.82) is 0 Å². The van der Waals surface area contributed by atoms with E-state index < -0.39 is 5.97 Å². The Labute approximate surface area is 114 Å². The van der Waals surface area contributed by atoms with Crippen LogP contribution in [0.2, 0.25) is 5.02 Å². The van der Waals surface area contributed by atoms with Crippen LogP contribution in [0.25, 0.3) is 0 Å². The van der Waals surface area contributed by atoms with Gasteiger partial charge in [-0.15, -0.1) is 0 Å². The second-order valence-electron chi connectivity index (χ2n) is 3.53. The van der Waals surface area contributed by atoms with Crippen LogP contribution >= 0.6 is 11.6 Å². The molecule has 8 heteroatoms. The minimum absolute atomic E-state index is 0.0165. The molecule has 7 nitrogen and oxygen atoms in total. The van der Waals surface area contributed by atoms with Crippen molar-refractivity contribution in [2.45, 2.75) is 0 Å². The van der Waals surface area contributed by atoms with Crippen molar-refractivity contribution in [3.63, 3.8) is 0 Å². The largest absolute Gasteiger partial charge is 0.476 e. The number of anilines is 1. The van der Waals surface area contributed by atoms with Gasteiger partial charge in [0.2, 0.25) is 5.91 Å². The highest BCUT2D eigenvalue weighted by Crippen LogP contribution is 2.16. The summed E-state index contributed by atoms with van der Waals surface area (Å²) in [4.78, 5) is 26.0. The van der Waals surface area contributed by atoms with Crippen molar-refractivity contribution in [2.24, 2.45) is 0 Å². The fraction of sp³-hybridized carbons (Fsp3) is 0.364. The van der Waals surface area contributed by atoms with E-state index in [4.69, 9.17) is 21.4 Å². The first-order chi connectivity index (χ1) is 9.04. The maximum Gasteiger partial charge on any atom is 0.356 e. The topological polar surface area (TPSA) is 101 Å². The highest BCUT2D eigenvalue weighted by atomic mass is 35.5. The van der Waals surface area contributed by atoms with Crippen LogP contribution in [0, 0.1) is 0 Å². The molecule has 1 amide bonds. The number of aromatic carboxylic acids is 1. The molecule has 0 aromatic carbocycles.